The highest BCUT2D eigenvalue weighted by molar-refractivity contribution is 6.33. The number of anilines is 1. The smallest absolute Gasteiger partial charge is 0.338 e. The van der Waals surface area contributed by atoms with Crippen LogP contribution in [0.1, 0.15) is 39.9 Å². The summed E-state index contributed by atoms with van der Waals surface area (Å²) in [7, 11) is 1.39. The number of hydrogen-bond donors (Lipinski definition) is 1. The van der Waals surface area contributed by atoms with E-state index in [1.165, 1.54) is 7.11 Å². The number of carbonyl (C=O) groups is 1. The molecule has 142 valence electrons. The van der Waals surface area contributed by atoms with Crippen LogP contribution in [0.3, 0.4) is 0 Å². The molecule has 28 heavy (non-hydrogen) atoms. The van der Waals surface area contributed by atoms with Gasteiger partial charge in [-0.25, -0.2) is 4.79 Å². The van der Waals surface area contributed by atoms with Crippen molar-refractivity contribution in [3.05, 3.63) is 70.3 Å². The normalized spacial score (nSPS) is 21.8. The summed E-state index contributed by atoms with van der Waals surface area (Å²) in [6, 6.07) is 13.2. The Labute approximate surface area is 168 Å². The molecule has 0 saturated carbocycles. The minimum Gasteiger partial charge on any atom is -0.479 e. The molecule has 0 bridgehead atoms. The Balaban J connectivity index is 1.73. The SMILES string of the molecule is COC(=O)c1ccc(Cl)c2c1[C@@H]1C=CC[C@@H]1[C@@H](c1ccc(OCC#N)cc1)N2. The number of nitrogens with one attached hydrogen (secondary N) is 1. The molecule has 1 heterocycles. The predicted octanol–water partition coefficient (Wildman–Crippen LogP) is 4.86. The molecule has 2 aromatic carbocycles. The highest BCUT2D eigenvalue weighted by Crippen LogP contribution is 2.52. The number of allylic oxidation sites excluding steroid dienone is 2. The van der Waals surface area contributed by atoms with Gasteiger partial charge in [-0.05, 0) is 47.7 Å². The molecule has 0 amide bonds. The molecular formula is C22H19ClN2O3. The van der Waals surface area contributed by atoms with Crippen molar-refractivity contribution < 1.29 is 14.3 Å². The van der Waals surface area contributed by atoms with Gasteiger partial charge in [0.05, 0.1) is 29.4 Å². The van der Waals surface area contributed by atoms with E-state index >= 15 is 0 Å². The molecule has 1 aliphatic heterocycles. The molecule has 1 aliphatic carbocycles. The summed E-state index contributed by atoms with van der Waals surface area (Å²) in [4.78, 5) is 12.3. The first-order valence-corrected chi connectivity index (χ1v) is 9.45. The number of rotatable bonds is 4. The molecule has 6 heteroatoms. The van der Waals surface area contributed by atoms with Crippen molar-refractivity contribution in [1.82, 2.24) is 0 Å². The number of halogens is 1. The third-order valence-corrected chi connectivity index (χ3v) is 5.73. The van der Waals surface area contributed by atoms with Crippen LogP contribution in [0.15, 0.2) is 48.6 Å². The van der Waals surface area contributed by atoms with Crippen LogP contribution in [0.4, 0.5) is 5.69 Å². The lowest BCUT2D eigenvalue weighted by molar-refractivity contribution is 0.0598. The van der Waals surface area contributed by atoms with Crippen molar-refractivity contribution in [2.75, 3.05) is 19.0 Å². The third kappa shape index (κ3) is 3.10. The molecule has 2 aliphatic rings. The summed E-state index contributed by atoms with van der Waals surface area (Å²) in [5.74, 6) is 0.656. The van der Waals surface area contributed by atoms with Crippen molar-refractivity contribution in [1.29, 1.82) is 5.26 Å². The molecule has 3 atom stereocenters. The molecule has 0 spiro atoms. The van der Waals surface area contributed by atoms with Gasteiger partial charge in [0.2, 0.25) is 0 Å². The quantitative estimate of drug-likeness (QED) is 0.592. The molecule has 0 saturated heterocycles. The Morgan fingerprint density at radius 3 is 2.79 bits per heavy atom. The number of ether oxygens (including phenoxy) is 2. The fourth-order valence-electron chi connectivity index (χ4n) is 4.18. The average Bonchev–Trinajstić information content (AvgIpc) is 3.22. The molecular weight excluding hydrogens is 376 g/mol. The van der Waals surface area contributed by atoms with Gasteiger partial charge in [0.15, 0.2) is 6.61 Å². The summed E-state index contributed by atoms with van der Waals surface area (Å²) in [5.41, 5.74) is 3.35. The highest BCUT2D eigenvalue weighted by Gasteiger charge is 2.41. The Kier molecular flexibility index (Phi) is 4.97. The van der Waals surface area contributed by atoms with E-state index in [0.29, 0.717) is 16.3 Å². The van der Waals surface area contributed by atoms with Gasteiger partial charge in [-0.2, -0.15) is 5.26 Å². The molecule has 0 radical (unpaired) electrons. The van der Waals surface area contributed by atoms with E-state index in [2.05, 4.69) is 17.5 Å². The molecule has 0 aromatic heterocycles. The first-order valence-electron chi connectivity index (χ1n) is 9.07. The van der Waals surface area contributed by atoms with Gasteiger partial charge in [0.1, 0.15) is 11.8 Å². The number of nitriles is 1. The van der Waals surface area contributed by atoms with Crippen molar-refractivity contribution in [2.45, 2.75) is 18.4 Å². The lowest BCUT2D eigenvalue weighted by Gasteiger charge is -2.38. The number of esters is 1. The second-order valence-electron chi connectivity index (χ2n) is 6.87. The molecule has 0 unspecified atom stereocenters. The first-order chi connectivity index (χ1) is 13.6. The van der Waals surface area contributed by atoms with Gasteiger partial charge >= 0.3 is 5.97 Å². The maximum Gasteiger partial charge on any atom is 0.338 e. The average molecular weight is 395 g/mol. The van der Waals surface area contributed by atoms with Gasteiger partial charge in [-0.3, -0.25) is 0 Å². The second kappa shape index (κ2) is 7.57. The number of methoxy groups -OCH3 is 1. The van der Waals surface area contributed by atoms with Crippen LogP contribution in [0.25, 0.3) is 0 Å². The molecule has 0 fully saturated rings. The second-order valence-corrected chi connectivity index (χ2v) is 7.27. The van der Waals surface area contributed by atoms with E-state index in [1.807, 2.05) is 30.3 Å². The zero-order valence-electron chi connectivity index (χ0n) is 15.3. The van der Waals surface area contributed by atoms with E-state index in [1.54, 1.807) is 12.1 Å². The monoisotopic (exact) mass is 394 g/mol. The van der Waals surface area contributed by atoms with Crippen LogP contribution in [0, 0.1) is 17.2 Å². The minimum atomic E-state index is -0.355. The fraction of sp³-hybridized carbons (Fsp3) is 0.273. The van der Waals surface area contributed by atoms with Crippen LogP contribution >= 0.6 is 11.6 Å². The maximum absolute atomic E-state index is 12.3. The van der Waals surface area contributed by atoms with Crippen LogP contribution in [-0.2, 0) is 4.74 Å². The van der Waals surface area contributed by atoms with Gasteiger partial charge in [-0.1, -0.05) is 35.9 Å². The summed E-state index contributed by atoms with van der Waals surface area (Å²) in [6.07, 6.45) is 5.22. The predicted molar refractivity (Wildman–Crippen MR) is 107 cm³/mol. The van der Waals surface area contributed by atoms with Crippen LogP contribution < -0.4 is 10.1 Å². The zero-order chi connectivity index (χ0) is 19.7. The van der Waals surface area contributed by atoms with Crippen molar-refractivity contribution in [3.8, 4) is 11.8 Å². The third-order valence-electron chi connectivity index (χ3n) is 5.42. The first kappa shape index (κ1) is 18.4. The number of fused-ring (bicyclic) bond motifs is 3. The van der Waals surface area contributed by atoms with Gasteiger partial charge in [0.25, 0.3) is 0 Å². The van der Waals surface area contributed by atoms with Gasteiger partial charge < -0.3 is 14.8 Å². The van der Waals surface area contributed by atoms with Crippen molar-refractivity contribution in [3.63, 3.8) is 0 Å². The minimum absolute atomic E-state index is 0.0228. The van der Waals surface area contributed by atoms with Crippen molar-refractivity contribution in [2.24, 2.45) is 5.92 Å². The highest BCUT2D eigenvalue weighted by atomic mass is 35.5. The number of nitrogens with zero attached hydrogens (tertiary/aromatic N) is 1. The van der Waals surface area contributed by atoms with E-state index in [-0.39, 0.29) is 30.5 Å². The van der Waals surface area contributed by atoms with Gasteiger partial charge in [0, 0.05) is 5.92 Å². The summed E-state index contributed by atoms with van der Waals surface area (Å²) in [6.45, 7) is 0.0228. The summed E-state index contributed by atoms with van der Waals surface area (Å²) >= 11 is 6.50. The Bertz CT molecular complexity index is 979. The lowest BCUT2D eigenvalue weighted by atomic mass is 9.75. The Hall–Kier alpha value is -2.97. The van der Waals surface area contributed by atoms with Gasteiger partial charge in [-0.15, -0.1) is 0 Å². The summed E-state index contributed by atoms with van der Waals surface area (Å²) < 4.78 is 10.3. The van der Waals surface area contributed by atoms with E-state index in [9.17, 15) is 4.79 Å². The van der Waals surface area contributed by atoms with E-state index in [4.69, 9.17) is 26.3 Å². The van der Waals surface area contributed by atoms with Crippen molar-refractivity contribution >= 4 is 23.3 Å². The standard InChI is InChI=1S/C22H19ClN2O3/c1-27-22(26)17-9-10-18(23)21-19(17)15-3-2-4-16(15)20(25-21)13-5-7-14(8-6-13)28-12-11-24/h2-3,5-10,15-16,20,25H,4,12H2,1H3/t15-,16+,20-/m1/s1. The number of hydrogen-bond acceptors (Lipinski definition) is 5. The van der Waals surface area contributed by atoms with E-state index < -0.39 is 0 Å². The number of benzene rings is 2. The van der Waals surface area contributed by atoms with Crippen LogP contribution in [0.2, 0.25) is 5.02 Å². The molecule has 5 nitrogen and oxygen atoms in total. The topological polar surface area (TPSA) is 71.3 Å². The Morgan fingerprint density at radius 1 is 1.29 bits per heavy atom. The van der Waals surface area contributed by atoms with E-state index in [0.717, 1.165) is 23.2 Å². The summed E-state index contributed by atoms with van der Waals surface area (Å²) in [5, 5.41) is 12.8. The maximum atomic E-state index is 12.3. The molecule has 1 N–H and O–H groups in total. The van der Waals surface area contributed by atoms with Crippen LogP contribution in [-0.4, -0.2) is 19.7 Å². The van der Waals surface area contributed by atoms with Crippen LogP contribution in [0.5, 0.6) is 5.75 Å². The fourth-order valence-corrected chi connectivity index (χ4v) is 4.40. The molecule has 2 aromatic rings. The molecule has 4 rings (SSSR count). The number of carbonyl (C=O) groups excluding carboxylic acids is 1. The zero-order valence-corrected chi connectivity index (χ0v) is 16.1. The Morgan fingerprint density at radius 2 is 2.07 bits per heavy atom. The largest absolute Gasteiger partial charge is 0.479 e. The lowest BCUT2D eigenvalue weighted by Crippen LogP contribution is -2.30.